The van der Waals surface area contributed by atoms with Gasteiger partial charge >= 0.3 is 6.18 Å². The van der Waals surface area contributed by atoms with E-state index >= 15 is 0 Å². The molecule has 0 atom stereocenters. The van der Waals surface area contributed by atoms with Crippen LogP contribution in [0, 0.1) is 11.9 Å². The zero-order chi connectivity index (χ0) is 20.1. The molecule has 1 fully saturated rings. The number of hydrogen-bond acceptors (Lipinski definition) is 3. The van der Waals surface area contributed by atoms with Crippen LogP contribution in [-0.2, 0) is 12.7 Å². The predicted molar refractivity (Wildman–Crippen MR) is 98.9 cm³/mol. The fraction of sp³-hybridized carbons (Fsp3) is 0.400. The molecule has 1 radical (unpaired) electrons. The first-order valence-corrected chi connectivity index (χ1v) is 9.29. The van der Waals surface area contributed by atoms with Crippen molar-refractivity contribution in [2.24, 2.45) is 0 Å². The van der Waals surface area contributed by atoms with Crippen molar-refractivity contribution >= 4 is 11.6 Å². The zero-order valence-corrected chi connectivity index (χ0v) is 15.9. The zero-order valence-electron chi connectivity index (χ0n) is 15.1. The lowest BCUT2D eigenvalue weighted by Crippen LogP contribution is -2.47. The summed E-state index contributed by atoms with van der Waals surface area (Å²) in [6.07, 6.45) is -4.41. The summed E-state index contributed by atoms with van der Waals surface area (Å²) in [5.41, 5.74) is -0.00568. The Bertz CT molecular complexity index is 792. The minimum absolute atomic E-state index is 0.161. The number of ether oxygens (including phenoxy) is 1. The standard InChI is InChI=1S/C20H20ClF4N2O/c21-19-5-4-17(22)12-15(19)14-27-8-6-26(7-9-27)10-11-28-18-3-1-2-16(13-18)20(23,24)25/h2-5,12-13H,6-11,14H2. The number of halogens is 5. The number of benzene rings is 2. The molecular formula is C20H20ClF4N2O. The van der Waals surface area contributed by atoms with E-state index < -0.39 is 11.7 Å². The Balaban J connectivity index is 1.42. The Morgan fingerprint density at radius 1 is 1.04 bits per heavy atom. The van der Waals surface area contributed by atoms with E-state index in [1.165, 1.54) is 18.2 Å². The predicted octanol–water partition coefficient (Wildman–Crippen LogP) is 4.49. The van der Waals surface area contributed by atoms with Crippen LogP contribution in [0.15, 0.2) is 36.4 Å². The first kappa shape index (κ1) is 20.9. The Morgan fingerprint density at radius 3 is 2.46 bits per heavy atom. The van der Waals surface area contributed by atoms with Gasteiger partial charge in [-0.15, -0.1) is 0 Å². The van der Waals surface area contributed by atoms with E-state index in [0.717, 1.165) is 43.9 Å². The monoisotopic (exact) mass is 415 g/mol. The van der Waals surface area contributed by atoms with E-state index in [-0.39, 0.29) is 11.6 Å². The normalized spacial score (nSPS) is 16.3. The topological polar surface area (TPSA) is 15.7 Å². The molecular weight excluding hydrogens is 396 g/mol. The van der Waals surface area contributed by atoms with Gasteiger partial charge in [0.15, 0.2) is 0 Å². The average Bonchev–Trinajstić information content (AvgIpc) is 2.66. The van der Waals surface area contributed by atoms with E-state index in [2.05, 4.69) is 15.9 Å². The van der Waals surface area contributed by atoms with Gasteiger partial charge in [-0.2, -0.15) is 13.2 Å². The van der Waals surface area contributed by atoms with Crippen LogP contribution in [-0.4, -0.2) is 49.1 Å². The van der Waals surface area contributed by atoms with Gasteiger partial charge in [0.05, 0.1) is 5.56 Å². The second-order valence-electron chi connectivity index (χ2n) is 6.66. The molecule has 1 aliphatic rings. The van der Waals surface area contributed by atoms with Crippen LogP contribution >= 0.6 is 11.6 Å². The van der Waals surface area contributed by atoms with Crippen molar-refractivity contribution in [3.8, 4) is 5.75 Å². The van der Waals surface area contributed by atoms with Gasteiger partial charge in [0.2, 0.25) is 0 Å². The molecule has 0 N–H and O–H groups in total. The lowest BCUT2D eigenvalue weighted by atomic mass is 10.2. The molecule has 8 heteroatoms. The van der Waals surface area contributed by atoms with E-state index in [1.807, 2.05) is 0 Å². The summed E-state index contributed by atoms with van der Waals surface area (Å²) in [7, 11) is 0. The third kappa shape index (κ3) is 5.83. The van der Waals surface area contributed by atoms with Crippen molar-refractivity contribution in [1.82, 2.24) is 9.80 Å². The van der Waals surface area contributed by atoms with E-state index in [1.54, 1.807) is 6.07 Å². The largest absolute Gasteiger partial charge is 0.492 e. The summed E-state index contributed by atoms with van der Waals surface area (Å²) in [6, 6.07) is 10.1. The molecule has 0 bridgehead atoms. The van der Waals surface area contributed by atoms with Crippen LogP contribution in [0.1, 0.15) is 11.1 Å². The number of nitrogens with zero attached hydrogens (tertiary/aromatic N) is 2. The molecule has 3 nitrogen and oxygen atoms in total. The molecule has 1 saturated heterocycles. The summed E-state index contributed by atoms with van der Waals surface area (Å²) >= 11 is 6.12. The van der Waals surface area contributed by atoms with Crippen LogP contribution in [0.5, 0.6) is 5.75 Å². The van der Waals surface area contributed by atoms with Crippen molar-refractivity contribution in [2.45, 2.75) is 12.7 Å². The van der Waals surface area contributed by atoms with Gasteiger partial charge in [0, 0.05) is 44.3 Å². The van der Waals surface area contributed by atoms with Crippen LogP contribution in [0.4, 0.5) is 17.6 Å². The number of rotatable bonds is 6. The molecule has 0 saturated carbocycles. The first-order chi connectivity index (χ1) is 13.3. The van der Waals surface area contributed by atoms with Crippen molar-refractivity contribution in [1.29, 1.82) is 0 Å². The maximum atomic E-state index is 13.4. The highest BCUT2D eigenvalue weighted by molar-refractivity contribution is 6.31. The molecule has 3 rings (SSSR count). The van der Waals surface area contributed by atoms with Gasteiger partial charge in [-0.1, -0.05) is 11.6 Å². The highest BCUT2D eigenvalue weighted by atomic mass is 35.5. The lowest BCUT2D eigenvalue weighted by Gasteiger charge is -2.34. The minimum atomic E-state index is -4.41. The van der Waals surface area contributed by atoms with Crippen LogP contribution in [0.25, 0.3) is 0 Å². The van der Waals surface area contributed by atoms with Crippen LogP contribution in [0.2, 0.25) is 5.02 Å². The Morgan fingerprint density at radius 2 is 1.75 bits per heavy atom. The molecule has 151 valence electrons. The molecule has 1 aliphatic heterocycles. The summed E-state index contributed by atoms with van der Waals surface area (Å²) in [5, 5.41) is 0.551. The van der Waals surface area contributed by atoms with Crippen molar-refractivity contribution in [2.75, 3.05) is 39.3 Å². The Hall–Kier alpha value is -1.83. The molecule has 0 unspecified atom stereocenters. The minimum Gasteiger partial charge on any atom is -0.492 e. The molecule has 0 amide bonds. The summed E-state index contributed by atoms with van der Waals surface area (Å²) < 4.78 is 56.9. The van der Waals surface area contributed by atoms with Gasteiger partial charge in [-0.3, -0.25) is 9.80 Å². The Kier molecular flexibility index (Phi) is 6.80. The molecule has 2 aromatic rings. The second kappa shape index (κ2) is 9.11. The first-order valence-electron chi connectivity index (χ1n) is 8.91. The summed E-state index contributed by atoms with van der Waals surface area (Å²) in [6.45, 7) is 4.68. The summed E-state index contributed by atoms with van der Waals surface area (Å²) in [5.74, 6) is -0.142. The van der Waals surface area contributed by atoms with E-state index in [0.29, 0.717) is 24.7 Å². The van der Waals surface area contributed by atoms with E-state index in [9.17, 15) is 17.6 Å². The highest BCUT2D eigenvalue weighted by Gasteiger charge is 2.30. The van der Waals surface area contributed by atoms with Gasteiger partial charge in [-0.25, -0.2) is 4.39 Å². The lowest BCUT2D eigenvalue weighted by molar-refractivity contribution is -0.137. The molecule has 2 aromatic carbocycles. The number of hydrogen-bond donors (Lipinski definition) is 0. The van der Waals surface area contributed by atoms with Crippen LogP contribution < -0.4 is 4.74 Å². The summed E-state index contributed by atoms with van der Waals surface area (Å²) in [4.78, 5) is 4.38. The van der Waals surface area contributed by atoms with Crippen molar-refractivity contribution in [3.63, 3.8) is 0 Å². The molecule has 1 heterocycles. The van der Waals surface area contributed by atoms with Crippen molar-refractivity contribution in [3.05, 3.63) is 64.4 Å². The van der Waals surface area contributed by atoms with Gasteiger partial charge < -0.3 is 4.74 Å². The quantitative estimate of drug-likeness (QED) is 0.646. The molecule has 0 spiro atoms. The van der Waals surface area contributed by atoms with Crippen molar-refractivity contribution < 1.29 is 22.3 Å². The molecule has 0 aliphatic carbocycles. The average molecular weight is 416 g/mol. The number of alkyl halides is 3. The fourth-order valence-corrected chi connectivity index (χ4v) is 3.24. The van der Waals surface area contributed by atoms with Crippen LogP contribution in [0.3, 0.4) is 0 Å². The highest BCUT2D eigenvalue weighted by Crippen LogP contribution is 2.31. The van der Waals surface area contributed by atoms with Gasteiger partial charge in [-0.05, 0) is 48.0 Å². The number of piperazine rings is 1. The Labute approximate surface area is 166 Å². The third-order valence-corrected chi connectivity index (χ3v) is 5.00. The molecule has 0 aromatic heterocycles. The SMILES string of the molecule is Fc1ccc(Cl)c(CN2CCN(CCOc3c[c]cc(C(F)(F)F)c3)CC2)c1. The van der Waals surface area contributed by atoms with Gasteiger partial charge in [0.1, 0.15) is 18.2 Å². The van der Waals surface area contributed by atoms with Gasteiger partial charge in [0.25, 0.3) is 0 Å². The maximum absolute atomic E-state index is 13.4. The fourth-order valence-electron chi connectivity index (χ4n) is 3.07. The second-order valence-corrected chi connectivity index (χ2v) is 7.06. The smallest absolute Gasteiger partial charge is 0.416 e. The third-order valence-electron chi connectivity index (χ3n) is 4.63. The maximum Gasteiger partial charge on any atom is 0.416 e. The molecule has 28 heavy (non-hydrogen) atoms. The van der Waals surface area contributed by atoms with E-state index in [4.69, 9.17) is 16.3 Å².